The van der Waals surface area contributed by atoms with Crippen molar-refractivity contribution in [2.75, 3.05) is 5.32 Å². The molecule has 0 saturated carbocycles. The second-order valence-corrected chi connectivity index (χ2v) is 4.69. The number of carbonyl (C=O) groups is 2. The number of hydrogen-bond donors (Lipinski definition) is 2. The third-order valence-electron chi connectivity index (χ3n) is 2.35. The van der Waals surface area contributed by atoms with Crippen LogP contribution in [0.15, 0.2) is 30.5 Å². The van der Waals surface area contributed by atoms with Crippen molar-refractivity contribution >= 4 is 40.8 Å². The van der Waals surface area contributed by atoms with Crippen LogP contribution >= 0.6 is 23.2 Å². The molecule has 1 heterocycles. The van der Waals surface area contributed by atoms with Gasteiger partial charge in [0.1, 0.15) is 6.54 Å². The molecule has 104 valence electrons. The SMILES string of the molecule is O=C(O)Cn1ccc(C(=O)Nc2ccc(Cl)c(Cl)c2)n1. The number of anilines is 1. The van der Waals surface area contributed by atoms with Crippen molar-refractivity contribution in [3.05, 3.63) is 46.2 Å². The van der Waals surface area contributed by atoms with Crippen molar-refractivity contribution < 1.29 is 14.7 Å². The van der Waals surface area contributed by atoms with E-state index < -0.39 is 11.9 Å². The van der Waals surface area contributed by atoms with Gasteiger partial charge < -0.3 is 10.4 Å². The molecule has 0 aliphatic rings. The number of hydrogen-bond acceptors (Lipinski definition) is 3. The number of carbonyl (C=O) groups excluding carboxylic acids is 1. The second-order valence-electron chi connectivity index (χ2n) is 3.88. The molecule has 6 nitrogen and oxygen atoms in total. The van der Waals surface area contributed by atoms with E-state index in [2.05, 4.69) is 10.4 Å². The van der Waals surface area contributed by atoms with Crippen molar-refractivity contribution in [1.82, 2.24) is 9.78 Å². The van der Waals surface area contributed by atoms with E-state index in [-0.39, 0.29) is 12.2 Å². The molecule has 1 aromatic carbocycles. The van der Waals surface area contributed by atoms with Crippen molar-refractivity contribution in [2.45, 2.75) is 6.54 Å². The molecule has 1 aromatic heterocycles. The van der Waals surface area contributed by atoms with Gasteiger partial charge in [-0.3, -0.25) is 14.3 Å². The Kier molecular flexibility index (Phi) is 4.26. The number of carboxylic acid groups (broad SMARTS) is 1. The van der Waals surface area contributed by atoms with Crippen molar-refractivity contribution in [3.63, 3.8) is 0 Å². The molecule has 0 radical (unpaired) electrons. The van der Waals surface area contributed by atoms with Gasteiger partial charge in [0.25, 0.3) is 5.91 Å². The van der Waals surface area contributed by atoms with Crippen LogP contribution in [-0.4, -0.2) is 26.8 Å². The molecule has 8 heteroatoms. The summed E-state index contributed by atoms with van der Waals surface area (Å²) >= 11 is 11.6. The fraction of sp³-hybridized carbons (Fsp3) is 0.0833. The Morgan fingerprint density at radius 3 is 2.65 bits per heavy atom. The summed E-state index contributed by atoms with van der Waals surface area (Å²) in [6.45, 7) is -0.306. The van der Waals surface area contributed by atoms with Crippen LogP contribution in [-0.2, 0) is 11.3 Å². The smallest absolute Gasteiger partial charge is 0.325 e. The quantitative estimate of drug-likeness (QED) is 0.908. The normalized spacial score (nSPS) is 10.3. The summed E-state index contributed by atoms with van der Waals surface area (Å²) in [5.41, 5.74) is 0.578. The van der Waals surface area contributed by atoms with Gasteiger partial charge in [-0.25, -0.2) is 0 Å². The highest BCUT2D eigenvalue weighted by molar-refractivity contribution is 6.42. The first-order valence-electron chi connectivity index (χ1n) is 5.47. The Morgan fingerprint density at radius 1 is 1.25 bits per heavy atom. The summed E-state index contributed by atoms with van der Waals surface area (Å²) < 4.78 is 1.16. The van der Waals surface area contributed by atoms with Gasteiger partial charge in [0.2, 0.25) is 0 Å². The second kappa shape index (κ2) is 5.94. The van der Waals surface area contributed by atoms with Crippen LogP contribution in [0.1, 0.15) is 10.5 Å². The zero-order valence-corrected chi connectivity index (χ0v) is 11.5. The lowest BCUT2D eigenvalue weighted by atomic mass is 10.3. The molecule has 0 aliphatic heterocycles. The van der Waals surface area contributed by atoms with E-state index in [4.69, 9.17) is 28.3 Å². The minimum atomic E-state index is -1.04. The number of aliphatic carboxylic acids is 1. The molecular weight excluding hydrogens is 305 g/mol. The Balaban J connectivity index is 2.09. The van der Waals surface area contributed by atoms with E-state index in [1.165, 1.54) is 18.3 Å². The Morgan fingerprint density at radius 2 is 2.00 bits per heavy atom. The largest absolute Gasteiger partial charge is 0.480 e. The molecule has 2 N–H and O–H groups in total. The predicted octanol–water partition coefficient (Wildman–Crippen LogP) is 2.53. The van der Waals surface area contributed by atoms with E-state index in [0.29, 0.717) is 15.7 Å². The lowest BCUT2D eigenvalue weighted by Gasteiger charge is -2.04. The fourth-order valence-corrected chi connectivity index (χ4v) is 1.78. The van der Waals surface area contributed by atoms with Gasteiger partial charge in [-0.05, 0) is 24.3 Å². The number of halogens is 2. The minimum absolute atomic E-state index is 0.109. The first-order valence-corrected chi connectivity index (χ1v) is 6.23. The third kappa shape index (κ3) is 3.49. The molecule has 0 spiro atoms. The average molecular weight is 314 g/mol. The molecule has 0 fully saturated rings. The number of aromatic nitrogens is 2. The number of nitrogens with one attached hydrogen (secondary N) is 1. The summed E-state index contributed by atoms with van der Waals surface area (Å²) in [7, 11) is 0. The van der Waals surface area contributed by atoms with Crippen molar-refractivity contribution in [2.24, 2.45) is 0 Å². The number of benzene rings is 1. The summed E-state index contributed by atoms with van der Waals surface area (Å²) in [6, 6.07) is 6.09. The third-order valence-corrected chi connectivity index (χ3v) is 3.09. The number of rotatable bonds is 4. The Hall–Kier alpha value is -2.05. The van der Waals surface area contributed by atoms with Gasteiger partial charge in [-0.2, -0.15) is 5.10 Å². The number of carboxylic acids is 1. The van der Waals surface area contributed by atoms with E-state index >= 15 is 0 Å². The molecule has 20 heavy (non-hydrogen) atoms. The van der Waals surface area contributed by atoms with Crippen molar-refractivity contribution in [1.29, 1.82) is 0 Å². The van der Waals surface area contributed by atoms with Gasteiger partial charge in [-0.15, -0.1) is 0 Å². The first kappa shape index (κ1) is 14.4. The van der Waals surface area contributed by atoms with Gasteiger partial charge in [-0.1, -0.05) is 23.2 Å². The maximum Gasteiger partial charge on any atom is 0.325 e. The van der Waals surface area contributed by atoms with Gasteiger partial charge in [0, 0.05) is 11.9 Å². The summed E-state index contributed by atoms with van der Waals surface area (Å²) in [5, 5.41) is 15.8. The minimum Gasteiger partial charge on any atom is -0.480 e. The first-order chi connectivity index (χ1) is 9.45. The Labute approximate surface area is 123 Å². The van der Waals surface area contributed by atoms with Crippen LogP contribution in [0.25, 0.3) is 0 Å². The number of nitrogens with zero attached hydrogens (tertiary/aromatic N) is 2. The number of amides is 1. The van der Waals surface area contributed by atoms with Crippen LogP contribution in [0.5, 0.6) is 0 Å². The van der Waals surface area contributed by atoms with Crippen LogP contribution in [0.4, 0.5) is 5.69 Å². The lowest BCUT2D eigenvalue weighted by molar-refractivity contribution is -0.137. The van der Waals surface area contributed by atoms with Gasteiger partial charge in [0.15, 0.2) is 5.69 Å². The summed E-state index contributed by atoms with van der Waals surface area (Å²) in [6.07, 6.45) is 1.41. The summed E-state index contributed by atoms with van der Waals surface area (Å²) in [5.74, 6) is -1.50. The highest BCUT2D eigenvalue weighted by Crippen LogP contribution is 2.25. The molecule has 1 amide bonds. The summed E-state index contributed by atoms with van der Waals surface area (Å²) in [4.78, 5) is 22.4. The van der Waals surface area contributed by atoms with E-state index in [9.17, 15) is 9.59 Å². The zero-order chi connectivity index (χ0) is 14.7. The maximum absolute atomic E-state index is 11.9. The van der Waals surface area contributed by atoms with Gasteiger partial charge in [0.05, 0.1) is 10.0 Å². The fourth-order valence-electron chi connectivity index (χ4n) is 1.48. The predicted molar refractivity (Wildman–Crippen MR) is 74.3 cm³/mol. The van der Waals surface area contributed by atoms with Gasteiger partial charge >= 0.3 is 5.97 Å². The van der Waals surface area contributed by atoms with Crippen molar-refractivity contribution in [3.8, 4) is 0 Å². The van der Waals surface area contributed by atoms with E-state index in [0.717, 1.165) is 4.68 Å². The average Bonchev–Trinajstić information content (AvgIpc) is 2.81. The van der Waals surface area contributed by atoms with Crippen LogP contribution in [0.2, 0.25) is 10.0 Å². The molecular formula is C12H9Cl2N3O3. The highest BCUT2D eigenvalue weighted by Gasteiger charge is 2.11. The van der Waals surface area contributed by atoms with Crippen LogP contribution in [0, 0.1) is 0 Å². The molecule has 0 saturated heterocycles. The lowest BCUT2D eigenvalue weighted by Crippen LogP contribution is -2.15. The standard InChI is InChI=1S/C12H9Cl2N3O3/c13-8-2-1-7(5-9(8)14)15-12(20)10-3-4-17(16-10)6-11(18)19/h1-5H,6H2,(H,15,20)(H,18,19). The van der Waals surface area contributed by atoms with Crippen LogP contribution < -0.4 is 5.32 Å². The molecule has 2 aromatic rings. The zero-order valence-electron chi connectivity index (χ0n) is 10.0. The molecule has 2 rings (SSSR count). The highest BCUT2D eigenvalue weighted by atomic mass is 35.5. The van der Waals surface area contributed by atoms with E-state index in [1.54, 1.807) is 12.1 Å². The monoisotopic (exact) mass is 313 g/mol. The maximum atomic E-state index is 11.9. The van der Waals surface area contributed by atoms with E-state index in [1.807, 2.05) is 0 Å². The topological polar surface area (TPSA) is 84.2 Å². The van der Waals surface area contributed by atoms with Crippen LogP contribution in [0.3, 0.4) is 0 Å². The molecule has 0 aliphatic carbocycles. The molecule has 0 unspecified atom stereocenters. The molecule has 0 bridgehead atoms. The Bertz CT molecular complexity index is 670. The molecule has 0 atom stereocenters.